The highest BCUT2D eigenvalue weighted by Crippen LogP contribution is 2.28. The molecular formula is C19H19N3OS2. The average Bonchev–Trinajstić information content (AvgIpc) is 2.90. The van der Waals surface area contributed by atoms with Gasteiger partial charge in [0.05, 0.1) is 10.6 Å². The normalized spacial score (nSPS) is 17.0. The van der Waals surface area contributed by atoms with Crippen molar-refractivity contribution in [2.45, 2.75) is 18.7 Å². The number of hydrogen-bond donors (Lipinski definition) is 2. The van der Waals surface area contributed by atoms with Crippen molar-refractivity contribution in [1.82, 2.24) is 0 Å². The second kappa shape index (κ2) is 8.69. The number of amidine groups is 1. The molecule has 1 aromatic rings. The molecule has 4 nitrogen and oxygen atoms in total. The summed E-state index contributed by atoms with van der Waals surface area (Å²) in [6, 6.07) is 7.77. The van der Waals surface area contributed by atoms with Crippen molar-refractivity contribution in [3.8, 4) is 0 Å². The van der Waals surface area contributed by atoms with E-state index in [0.29, 0.717) is 16.2 Å². The van der Waals surface area contributed by atoms with Crippen molar-refractivity contribution in [1.29, 1.82) is 5.41 Å². The van der Waals surface area contributed by atoms with Crippen LogP contribution in [-0.2, 0) is 4.79 Å². The quantitative estimate of drug-likeness (QED) is 0.331. The fourth-order valence-corrected chi connectivity index (χ4v) is 3.59. The number of benzene rings is 1. The van der Waals surface area contributed by atoms with Gasteiger partial charge in [-0.25, -0.2) is 0 Å². The zero-order valence-electron chi connectivity index (χ0n) is 14.1. The minimum atomic E-state index is -0.356. The number of amides is 1. The van der Waals surface area contributed by atoms with Crippen LogP contribution in [0.25, 0.3) is 0 Å². The molecule has 128 valence electrons. The van der Waals surface area contributed by atoms with Gasteiger partial charge in [-0.05, 0) is 54.3 Å². The Morgan fingerprint density at radius 1 is 1.36 bits per heavy atom. The van der Waals surface area contributed by atoms with Crippen LogP contribution in [0.5, 0.6) is 0 Å². The predicted molar refractivity (Wildman–Crippen MR) is 109 cm³/mol. The summed E-state index contributed by atoms with van der Waals surface area (Å²) in [5.41, 5.74) is 7.35. The van der Waals surface area contributed by atoms with E-state index in [4.69, 9.17) is 11.1 Å². The molecule has 0 atom stereocenters. The van der Waals surface area contributed by atoms with Gasteiger partial charge in [-0.1, -0.05) is 48.7 Å². The zero-order valence-corrected chi connectivity index (χ0v) is 15.7. The number of nitrogens with two attached hydrogens (primary N) is 1. The molecule has 0 aromatic heterocycles. The molecule has 25 heavy (non-hydrogen) atoms. The third-order valence-corrected chi connectivity index (χ3v) is 5.08. The fraction of sp³-hybridized carbons (Fsp3) is 0.105. The molecule has 3 N–H and O–H groups in total. The highest BCUT2D eigenvalue weighted by molar-refractivity contribution is 8.18. The van der Waals surface area contributed by atoms with Gasteiger partial charge in [-0.3, -0.25) is 10.2 Å². The Labute approximate surface area is 156 Å². The summed E-state index contributed by atoms with van der Waals surface area (Å²) >= 11 is 2.77. The van der Waals surface area contributed by atoms with E-state index in [1.54, 1.807) is 30.0 Å². The highest BCUT2D eigenvalue weighted by Gasteiger charge is 2.20. The van der Waals surface area contributed by atoms with Gasteiger partial charge < -0.3 is 5.73 Å². The number of carbonyl (C=O) groups is 1. The number of aliphatic imine (C=N–C) groups is 1. The Bertz CT molecular complexity index is 831. The van der Waals surface area contributed by atoms with Gasteiger partial charge in [-0.15, -0.1) is 0 Å². The van der Waals surface area contributed by atoms with E-state index >= 15 is 0 Å². The molecule has 0 aliphatic carbocycles. The SMILES string of the molecule is C=CC=C(C)Sc1ccc(C(=N)C(=CC)C=C2SC(N)=NC2=O)cc1. The monoisotopic (exact) mass is 369 g/mol. The van der Waals surface area contributed by atoms with Crippen LogP contribution in [-0.4, -0.2) is 16.8 Å². The molecule has 0 bridgehead atoms. The van der Waals surface area contributed by atoms with Gasteiger partial charge in [0.1, 0.15) is 0 Å². The molecule has 0 saturated heterocycles. The van der Waals surface area contributed by atoms with Gasteiger partial charge in [0.2, 0.25) is 0 Å². The average molecular weight is 370 g/mol. The standard InChI is InChI=1S/C19H19N3OS2/c1-4-6-12(3)24-15-9-7-14(8-10-15)17(20)13(5-2)11-16-18(23)22-19(21)25-16/h4-11,20H,1H2,2-3H3,(H2,21,22,23). The zero-order chi connectivity index (χ0) is 18.4. The van der Waals surface area contributed by atoms with Crippen LogP contribution in [0.2, 0.25) is 0 Å². The Hall–Kier alpha value is -2.31. The minimum Gasteiger partial charge on any atom is -0.378 e. The lowest BCUT2D eigenvalue weighted by atomic mass is 10.0. The summed E-state index contributed by atoms with van der Waals surface area (Å²) in [5.74, 6) is -0.356. The summed E-state index contributed by atoms with van der Waals surface area (Å²) in [4.78, 5) is 18.1. The summed E-state index contributed by atoms with van der Waals surface area (Å²) in [5, 5.41) is 8.65. The number of nitrogens with one attached hydrogen (secondary N) is 1. The maximum Gasteiger partial charge on any atom is 0.286 e. The maximum atomic E-state index is 11.7. The van der Waals surface area contributed by atoms with Gasteiger partial charge in [0.15, 0.2) is 5.17 Å². The Morgan fingerprint density at radius 2 is 2.04 bits per heavy atom. The van der Waals surface area contributed by atoms with Gasteiger partial charge >= 0.3 is 0 Å². The Morgan fingerprint density at radius 3 is 2.56 bits per heavy atom. The van der Waals surface area contributed by atoms with E-state index in [-0.39, 0.29) is 11.1 Å². The van der Waals surface area contributed by atoms with Crippen LogP contribution in [0, 0.1) is 5.41 Å². The molecular weight excluding hydrogens is 350 g/mol. The molecule has 2 rings (SSSR count). The third-order valence-electron chi connectivity index (χ3n) is 3.30. The van der Waals surface area contributed by atoms with Crippen LogP contribution in [0.4, 0.5) is 0 Å². The lowest BCUT2D eigenvalue weighted by Crippen LogP contribution is -2.03. The predicted octanol–water partition coefficient (Wildman–Crippen LogP) is 4.65. The van der Waals surface area contributed by atoms with E-state index in [9.17, 15) is 4.79 Å². The highest BCUT2D eigenvalue weighted by atomic mass is 32.2. The second-order valence-electron chi connectivity index (χ2n) is 5.12. The van der Waals surface area contributed by atoms with Gasteiger partial charge in [-0.2, -0.15) is 4.99 Å². The van der Waals surface area contributed by atoms with Gasteiger partial charge in [0.25, 0.3) is 5.91 Å². The van der Waals surface area contributed by atoms with Crippen molar-refractivity contribution in [3.63, 3.8) is 0 Å². The first-order chi connectivity index (χ1) is 11.9. The molecule has 0 unspecified atom stereocenters. The first kappa shape index (κ1) is 19.0. The molecule has 1 aliphatic heterocycles. The lowest BCUT2D eigenvalue weighted by molar-refractivity contribution is -0.113. The molecule has 1 heterocycles. The number of thioether (sulfide) groups is 2. The molecule has 0 radical (unpaired) electrons. The molecule has 1 amide bonds. The van der Waals surface area contributed by atoms with Crippen molar-refractivity contribution in [2.75, 3.05) is 0 Å². The van der Waals surface area contributed by atoms with Crippen LogP contribution in [0.3, 0.4) is 0 Å². The lowest BCUT2D eigenvalue weighted by Gasteiger charge is -2.07. The van der Waals surface area contributed by atoms with Crippen molar-refractivity contribution >= 4 is 40.3 Å². The third kappa shape index (κ3) is 5.08. The molecule has 0 spiro atoms. The van der Waals surface area contributed by atoms with E-state index in [1.807, 2.05) is 44.2 Å². The summed E-state index contributed by atoms with van der Waals surface area (Å²) < 4.78 is 0. The summed E-state index contributed by atoms with van der Waals surface area (Å²) in [7, 11) is 0. The molecule has 6 heteroatoms. The number of nitrogens with zero attached hydrogens (tertiary/aromatic N) is 1. The molecule has 1 aromatic carbocycles. The topological polar surface area (TPSA) is 79.3 Å². The van der Waals surface area contributed by atoms with Crippen molar-refractivity contribution in [3.05, 3.63) is 76.1 Å². The van der Waals surface area contributed by atoms with E-state index in [1.165, 1.54) is 0 Å². The summed E-state index contributed by atoms with van der Waals surface area (Å²) in [6.07, 6.45) is 7.18. The smallest absolute Gasteiger partial charge is 0.286 e. The number of allylic oxidation sites excluding steroid dienone is 6. The Kier molecular flexibility index (Phi) is 6.61. The Balaban J connectivity index is 2.16. The van der Waals surface area contributed by atoms with Gasteiger partial charge in [0, 0.05) is 10.5 Å². The number of hydrogen-bond acceptors (Lipinski definition) is 5. The molecule has 1 aliphatic rings. The van der Waals surface area contributed by atoms with Crippen LogP contribution < -0.4 is 5.73 Å². The van der Waals surface area contributed by atoms with Crippen LogP contribution in [0.15, 0.2) is 80.4 Å². The first-order valence-electron chi connectivity index (χ1n) is 7.55. The maximum absolute atomic E-state index is 11.7. The number of rotatable bonds is 6. The first-order valence-corrected chi connectivity index (χ1v) is 9.18. The van der Waals surface area contributed by atoms with Crippen LogP contribution >= 0.6 is 23.5 Å². The largest absolute Gasteiger partial charge is 0.378 e. The van der Waals surface area contributed by atoms with E-state index < -0.39 is 0 Å². The van der Waals surface area contributed by atoms with E-state index in [0.717, 1.165) is 27.1 Å². The van der Waals surface area contributed by atoms with E-state index in [2.05, 4.69) is 11.6 Å². The fourth-order valence-electron chi connectivity index (χ4n) is 2.11. The van der Waals surface area contributed by atoms with Crippen molar-refractivity contribution in [2.24, 2.45) is 10.7 Å². The molecule has 0 saturated carbocycles. The summed E-state index contributed by atoms with van der Waals surface area (Å²) in [6.45, 7) is 7.55. The minimum absolute atomic E-state index is 0.238. The molecule has 0 fully saturated rings. The van der Waals surface area contributed by atoms with Crippen molar-refractivity contribution < 1.29 is 4.79 Å². The van der Waals surface area contributed by atoms with Crippen LogP contribution in [0.1, 0.15) is 19.4 Å². The number of carbonyl (C=O) groups excluding carboxylic acids is 1. The second-order valence-corrected chi connectivity index (χ2v) is 7.51.